The Labute approximate surface area is 116 Å². The van der Waals surface area contributed by atoms with Gasteiger partial charge in [0.05, 0.1) is 10.9 Å². The van der Waals surface area contributed by atoms with Crippen molar-refractivity contribution < 1.29 is 4.21 Å². The van der Waals surface area contributed by atoms with Crippen LogP contribution in [0.3, 0.4) is 0 Å². The smallest absolute Gasteiger partial charge is 0.140 e. The molecular formula is C14H23N3OS. The van der Waals surface area contributed by atoms with Crippen molar-refractivity contribution in [2.45, 2.75) is 44.0 Å². The van der Waals surface area contributed by atoms with Gasteiger partial charge in [-0.3, -0.25) is 0 Å². The highest BCUT2D eigenvalue weighted by molar-refractivity contribution is 7.91. The molecular weight excluding hydrogens is 258 g/mol. The number of benzene rings is 1. The van der Waals surface area contributed by atoms with Crippen LogP contribution >= 0.6 is 0 Å². The minimum atomic E-state index is -2.50. The van der Waals surface area contributed by atoms with E-state index >= 15 is 0 Å². The Morgan fingerprint density at radius 3 is 2.68 bits per heavy atom. The van der Waals surface area contributed by atoms with Gasteiger partial charge >= 0.3 is 0 Å². The first-order chi connectivity index (χ1) is 9.10. The molecule has 0 bridgehead atoms. The molecule has 4 nitrogen and oxygen atoms in total. The first kappa shape index (κ1) is 14.3. The summed E-state index contributed by atoms with van der Waals surface area (Å²) in [4.78, 5) is 0.745. The molecule has 1 unspecified atom stereocenters. The molecule has 2 N–H and O–H groups in total. The van der Waals surface area contributed by atoms with Gasteiger partial charge < -0.3 is 5.73 Å². The van der Waals surface area contributed by atoms with Gasteiger partial charge in [0.25, 0.3) is 0 Å². The second-order valence-electron chi connectivity index (χ2n) is 4.93. The van der Waals surface area contributed by atoms with Gasteiger partial charge in [0, 0.05) is 18.8 Å². The van der Waals surface area contributed by atoms with E-state index < -0.39 is 9.92 Å². The summed E-state index contributed by atoms with van der Waals surface area (Å²) in [5, 5.41) is 0. The Balaban J connectivity index is 2.48. The highest BCUT2D eigenvalue weighted by Crippen LogP contribution is 2.30. The number of nitrogens with two attached hydrogens (primary N) is 1. The van der Waals surface area contributed by atoms with Gasteiger partial charge in [-0.25, -0.2) is 12.9 Å². The quantitative estimate of drug-likeness (QED) is 0.815. The summed E-state index contributed by atoms with van der Waals surface area (Å²) in [7, 11) is -2.50. The zero-order valence-corrected chi connectivity index (χ0v) is 12.5. The molecule has 1 aliphatic rings. The largest absolute Gasteiger partial charge is 0.399 e. The molecule has 5 heteroatoms. The average molecular weight is 281 g/mol. The van der Waals surface area contributed by atoms with Crippen molar-refractivity contribution in [3.63, 3.8) is 0 Å². The van der Waals surface area contributed by atoms with Gasteiger partial charge in [-0.15, -0.1) is 0 Å². The Hall–Kier alpha value is -1.07. The SMILES string of the molecule is CCCN(CC)S(=O)(=NC1CC1)c1cccc(N)c1. The van der Waals surface area contributed by atoms with Crippen LogP contribution in [0.15, 0.2) is 33.5 Å². The van der Waals surface area contributed by atoms with Crippen molar-refractivity contribution in [3.8, 4) is 0 Å². The van der Waals surface area contributed by atoms with E-state index in [2.05, 4.69) is 11.3 Å². The minimum Gasteiger partial charge on any atom is -0.399 e. The van der Waals surface area contributed by atoms with Crippen molar-refractivity contribution in [2.75, 3.05) is 18.8 Å². The van der Waals surface area contributed by atoms with Crippen molar-refractivity contribution >= 4 is 15.6 Å². The number of rotatable bonds is 6. The van der Waals surface area contributed by atoms with E-state index in [1.807, 2.05) is 29.4 Å². The zero-order valence-electron chi connectivity index (χ0n) is 11.7. The monoisotopic (exact) mass is 281 g/mol. The number of nitrogen functional groups attached to an aromatic ring is 1. The summed E-state index contributed by atoms with van der Waals surface area (Å²) in [6, 6.07) is 7.61. The lowest BCUT2D eigenvalue weighted by Crippen LogP contribution is -2.32. The second-order valence-corrected chi connectivity index (χ2v) is 7.12. The summed E-state index contributed by atoms with van der Waals surface area (Å²) in [5.41, 5.74) is 6.47. The van der Waals surface area contributed by atoms with E-state index in [0.29, 0.717) is 5.69 Å². The highest BCUT2D eigenvalue weighted by atomic mass is 32.2. The van der Waals surface area contributed by atoms with Crippen molar-refractivity contribution in [3.05, 3.63) is 24.3 Å². The van der Waals surface area contributed by atoms with Crippen LogP contribution in [0.1, 0.15) is 33.1 Å². The van der Waals surface area contributed by atoms with E-state index in [4.69, 9.17) is 5.73 Å². The van der Waals surface area contributed by atoms with Gasteiger partial charge in [-0.2, -0.15) is 0 Å². The van der Waals surface area contributed by atoms with E-state index in [0.717, 1.165) is 37.2 Å². The fourth-order valence-electron chi connectivity index (χ4n) is 2.04. The maximum atomic E-state index is 13.4. The van der Waals surface area contributed by atoms with Crippen LogP contribution in [0.25, 0.3) is 0 Å². The van der Waals surface area contributed by atoms with Crippen LogP contribution < -0.4 is 5.73 Å². The fourth-order valence-corrected chi connectivity index (χ4v) is 4.54. The predicted molar refractivity (Wildman–Crippen MR) is 80.3 cm³/mol. The summed E-state index contributed by atoms with van der Waals surface area (Å²) >= 11 is 0. The van der Waals surface area contributed by atoms with Gasteiger partial charge in [0.15, 0.2) is 0 Å². The fraction of sp³-hybridized carbons (Fsp3) is 0.571. The number of hydrogen-bond donors (Lipinski definition) is 1. The topological polar surface area (TPSA) is 58.7 Å². The molecule has 19 heavy (non-hydrogen) atoms. The van der Waals surface area contributed by atoms with Crippen LogP contribution in [0.2, 0.25) is 0 Å². The first-order valence-corrected chi connectivity index (χ1v) is 8.44. The molecule has 0 radical (unpaired) electrons. The summed E-state index contributed by atoms with van der Waals surface area (Å²) in [5.74, 6) is 0. The van der Waals surface area contributed by atoms with E-state index in [1.54, 1.807) is 6.07 Å². The Bertz CT molecular complexity index is 545. The molecule has 0 amide bonds. The van der Waals surface area contributed by atoms with Crippen LogP contribution in [0.5, 0.6) is 0 Å². The van der Waals surface area contributed by atoms with Crippen LogP contribution in [-0.2, 0) is 9.92 Å². The minimum absolute atomic E-state index is 0.264. The maximum Gasteiger partial charge on any atom is 0.140 e. The number of anilines is 1. The predicted octanol–water partition coefficient (Wildman–Crippen LogP) is 2.91. The Morgan fingerprint density at radius 2 is 2.16 bits per heavy atom. The molecule has 1 aromatic rings. The third-order valence-electron chi connectivity index (χ3n) is 3.18. The molecule has 1 fully saturated rings. The molecule has 106 valence electrons. The molecule has 0 saturated heterocycles. The molecule has 1 saturated carbocycles. The highest BCUT2D eigenvalue weighted by Gasteiger charge is 2.28. The van der Waals surface area contributed by atoms with E-state index in [9.17, 15) is 4.21 Å². The van der Waals surface area contributed by atoms with Crippen LogP contribution in [0, 0.1) is 0 Å². The Kier molecular flexibility index (Phi) is 4.47. The maximum absolute atomic E-state index is 13.4. The van der Waals surface area contributed by atoms with Crippen molar-refractivity contribution in [1.29, 1.82) is 0 Å². The van der Waals surface area contributed by atoms with E-state index in [1.165, 1.54) is 0 Å². The molecule has 1 atom stereocenters. The van der Waals surface area contributed by atoms with Gasteiger partial charge in [-0.1, -0.05) is 19.9 Å². The lowest BCUT2D eigenvalue weighted by molar-refractivity contribution is 0.456. The van der Waals surface area contributed by atoms with Gasteiger partial charge in [-0.05, 0) is 37.5 Å². The molecule has 0 aromatic heterocycles. The summed E-state index contributed by atoms with van der Waals surface area (Å²) in [6.45, 7) is 5.65. The molecule has 2 rings (SSSR count). The standard InChI is InChI=1S/C14H23N3OS/c1-3-10-17(4-2)19(18,16-13-8-9-13)14-7-5-6-12(15)11-14/h5-7,11,13H,3-4,8-10,15H2,1-2H3. The van der Waals surface area contributed by atoms with Crippen molar-refractivity contribution in [1.82, 2.24) is 4.31 Å². The molecule has 0 spiro atoms. The molecule has 1 aromatic carbocycles. The number of hydrogen-bond acceptors (Lipinski definition) is 3. The van der Waals surface area contributed by atoms with Gasteiger partial charge in [0.2, 0.25) is 0 Å². The third kappa shape index (κ3) is 3.28. The lowest BCUT2D eigenvalue weighted by Gasteiger charge is -2.24. The van der Waals surface area contributed by atoms with E-state index in [-0.39, 0.29) is 6.04 Å². The third-order valence-corrected chi connectivity index (χ3v) is 5.77. The second kappa shape index (κ2) is 5.92. The van der Waals surface area contributed by atoms with Crippen LogP contribution in [0.4, 0.5) is 5.69 Å². The summed E-state index contributed by atoms with van der Waals surface area (Å²) in [6.07, 6.45) is 3.08. The molecule has 0 aliphatic heterocycles. The lowest BCUT2D eigenvalue weighted by atomic mass is 10.3. The van der Waals surface area contributed by atoms with Crippen molar-refractivity contribution in [2.24, 2.45) is 4.36 Å². The zero-order chi connectivity index (χ0) is 13.9. The first-order valence-electron chi connectivity index (χ1n) is 6.97. The Morgan fingerprint density at radius 1 is 1.42 bits per heavy atom. The van der Waals surface area contributed by atoms with Crippen LogP contribution in [-0.4, -0.2) is 27.6 Å². The summed E-state index contributed by atoms with van der Waals surface area (Å²) < 4.78 is 20.0. The average Bonchev–Trinajstić information content (AvgIpc) is 3.19. The number of nitrogens with zero attached hydrogens (tertiary/aromatic N) is 2. The van der Waals surface area contributed by atoms with Gasteiger partial charge in [0.1, 0.15) is 9.92 Å². The normalized spacial score (nSPS) is 18.3. The molecule has 0 heterocycles. The molecule has 1 aliphatic carbocycles.